The van der Waals surface area contributed by atoms with Gasteiger partial charge in [-0.15, -0.1) is 0 Å². The summed E-state index contributed by atoms with van der Waals surface area (Å²) in [7, 11) is 0. The standard InChI is InChI=1S/C20H19F3N4O3/c1-2-29-13-7-5-12(6-8-13)24-19(28)15-11-18-25-14(16-4-3-9-30-16)10-17(20(21,22)23)27(18)26-15/h3-9,11,14,17,25H,2,10H2,1H3,(H,24,28)/t14-,17-/m0/s1. The van der Waals surface area contributed by atoms with Crippen molar-refractivity contribution < 1.29 is 27.1 Å². The van der Waals surface area contributed by atoms with Gasteiger partial charge in [-0.05, 0) is 43.3 Å². The Balaban J connectivity index is 1.57. The number of carbonyl (C=O) groups excluding carboxylic acids is 1. The summed E-state index contributed by atoms with van der Waals surface area (Å²) in [5, 5.41) is 9.53. The second-order valence-corrected chi connectivity index (χ2v) is 6.78. The molecule has 0 radical (unpaired) electrons. The van der Waals surface area contributed by atoms with E-state index in [1.165, 1.54) is 12.3 Å². The summed E-state index contributed by atoms with van der Waals surface area (Å²) in [6.07, 6.45) is -3.43. The molecule has 7 nitrogen and oxygen atoms in total. The van der Waals surface area contributed by atoms with Crippen LogP contribution in [0.25, 0.3) is 0 Å². The van der Waals surface area contributed by atoms with Crippen molar-refractivity contribution >= 4 is 17.4 Å². The number of furan rings is 1. The van der Waals surface area contributed by atoms with Crippen molar-refractivity contribution in [2.24, 2.45) is 0 Å². The van der Waals surface area contributed by atoms with Crippen molar-refractivity contribution in [1.82, 2.24) is 9.78 Å². The highest BCUT2D eigenvalue weighted by Crippen LogP contribution is 2.43. The summed E-state index contributed by atoms with van der Waals surface area (Å²) in [6.45, 7) is 2.37. The maximum atomic E-state index is 13.7. The van der Waals surface area contributed by atoms with Crippen LogP contribution in [0.5, 0.6) is 5.75 Å². The molecule has 1 amide bonds. The average Bonchev–Trinajstić information content (AvgIpc) is 3.38. The van der Waals surface area contributed by atoms with E-state index in [0.717, 1.165) is 4.68 Å². The van der Waals surface area contributed by atoms with Gasteiger partial charge in [-0.3, -0.25) is 4.79 Å². The Kier molecular flexibility index (Phi) is 5.15. The minimum Gasteiger partial charge on any atom is -0.494 e. The molecule has 2 N–H and O–H groups in total. The molecule has 3 aromatic rings. The van der Waals surface area contributed by atoms with E-state index in [4.69, 9.17) is 9.15 Å². The molecule has 1 aromatic carbocycles. The van der Waals surface area contributed by atoms with Crippen molar-refractivity contribution in [3.8, 4) is 5.75 Å². The maximum Gasteiger partial charge on any atom is 0.410 e. The van der Waals surface area contributed by atoms with Crippen molar-refractivity contribution in [3.63, 3.8) is 0 Å². The summed E-state index contributed by atoms with van der Waals surface area (Å²) in [5.41, 5.74) is 0.351. The zero-order chi connectivity index (χ0) is 21.3. The summed E-state index contributed by atoms with van der Waals surface area (Å²) in [6, 6.07) is 8.62. The molecule has 10 heteroatoms. The van der Waals surface area contributed by atoms with Gasteiger partial charge in [-0.25, -0.2) is 4.68 Å². The van der Waals surface area contributed by atoms with Crippen molar-refractivity contribution in [3.05, 3.63) is 60.2 Å². The first kappa shape index (κ1) is 19.9. The molecule has 0 unspecified atom stereocenters. The molecule has 0 bridgehead atoms. The molecule has 0 saturated carbocycles. The zero-order valence-corrected chi connectivity index (χ0v) is 15.9. The summed E-state index contributed by atoms with van der Waals surface area (Å²) < 4.78 is 52.4. The highest BCUT2D eigenvalue weighted by molar-refractivity contribution is 6.03. The highest BCUT2D eigenvalue weighted by atomic mass is 19.4. The molecule has 1 aliphatic rings. The first-order valence-corrected chi connectivity index (χ1v) is 9.35. The molecule has 0 fully saturated rings. The van der Waals surface area contributed by atoms with Crippen molar-refractivity contribution in [1.29, 1.82) is 0 Å². The lowest BCUT2D eigenvalue weighted by molar-refractivity contribution is -0.174. The van der Waals surface area contributed by atoms with Crippen LogP contribution in [0.15, 0.2) is 53.1 Å². The van der Waals surface area contributed by atoms with Gasteiger partial charge in [-0.2, -0.15) is 18.3 Å². The lowest BCUT2D eigenvalue weighted by Gasteiger charge is -2.32. The second kappa shape index (κ2) is 7.77. The number of fused-ring (bicyclic) bond motifs is 1. The fourth-order valence-corrected chi connectivity index (χ4v) is 3.36. The Hall–Kier alpha value is -3.43. The van der Waals surface area contributed by atoms with Crippen LogP contribution in [0.4, 0.5) is 24.7 Å². The number of carbonyl (C=O) groups is 1. The predicted octanol–water partition coefficient (Wildman–Crippen LogP) is 4.79. The Morgan fingerprint density at radius 1 is 1.33 bits per heavy atom. The van der Waals surface area contributed by atoms with Gasteiger partial charge < -0.3 is 19.8 Å². The number of hydrogen-bond donors (Lipinski definition) is 2. The predicted molar refractivity (Wildman–Crippen MR) is 103 cm³/mol. The zero-order valence-electron chi connectivity index (χ0n) is 15.9. The van der Waals surface area contributed by atoms with Crippen LogP contribution in [0.3, 0.4) is 0 Å². The van der Waals surface area contributed by atoms with Crippen molar-refractivity contribution in [2.45, 2.75) is 31.6 Å². The molecule has 30 heavy (non-hydrogen) atoms. The number of nitrogens with zero attached hydrogens (tertiary/aromatic N) is 2. The molecule has 3 heterocycles. The molecular weight excluding hydrogens is 401 g/mol. The number of alkyl halides is 3. The SMILES string of the molecule is CCOc1ccc(NC(=O)c2cc3n(n2)[C@H](C(F)(F)F)C[C@@H](c2ccco2)N3)cc1. The molecule has 0 spiro atoms. The van der Waals surface area contributed by atoms with Gasteiger partial charge in [0.25, 0.3) is 5.91 Å². The number of aromatic nitrogens is 2. The highest BCUT2D eigenvalue weighted by Gasteiger charge is 2.47. The Labute approximate surface area is 169 Å². The Morgan fingerprint density at radius 2 is 2.10 bits per heavy atom. The number of ether oxygens (including phenoxy) is 1. The Bertz CT molecular complexity index is 1010. The summed E-state index contributed by atoms with van der Waals surface area (Å²) in [5.74, 6) is 0.520. The molecule has 2 atom stereocenters. The van der Waals surface area contributed by atoms with Gasteiger partial charge in [0.05, 0.1) is 18.9 Å². The van der Waals surface area contributed by atoms with Crippen LogP contribution in [0, 0.1) is 0 Å². The van der Waals surface area contributed by atoms with Gasteiger partial charge in [0, 0.05) is 18.2 Å². The van der Waals surface area contributed by atoms with Gasteiger partial charge in [0.1, 0.15) is 17.3 Å². The van der Waals surface area contributed by atoms with Gasteiger partial charge in [0.15, 0.2) is 11.7 Å². The molecule has 0 aliphatic carbocycles. The molecule has 1 aliphatic heterocycles. The summed E-state index contributed by atoms with van der Waals surface area (Å²) >= 11 is 0. The van der Waals surface area contributed by atoms with Crippen LogP contribution in [-0.4, -0.2) is 28.5 Å². The normalized spacial score (nSPS) is 18.4. The largest absolute Gasteiger partial charge is 0.494 e. The molecular formula is C20H19F3N4O3. The second-order valence-electron chi connectivity index (χ2n) is 6.78. The van der Waals surface area contributed by atoms with Gasteiger partial charge in [-0.1, -0.05) is 0 Å². The van der Waals surface area contributed by atoms with E-state index in [1.54, 1.807) is 36.4 Å². The van der Waals surface area contributed by atoms with Crippen molar-refractivity contribution in [2.75, 3.05) is 17.2 Å². The van der Waals surface area contributed by atoms with E-state index in [1.807, 2.05) is 6.92 Å². The topological polar surface area (TPSA) is 81.3 Å². The first-order valence-electron chi connectivity index (χ1n) is 9.35. The average molecular weight is 420 g/mol. The quantitative estimate of drug-likeness (QED) is 0.621. The number of hydrogen-bond acceptors (Lipinski definition) is 5. The fraction of sp³-hybridized carbons (Fsp3) is 0.300. The van der Waals surface area contributed by atoms with Gasteiger partial charge in [0.2, 0.25) is 0 Å². The number of anilines is 2. The van der Waals surface area contributed by atoms with Crippen LogP contribution in [-0.2, 0) is 0 Å². The van der Waals surface area contributed by atoms with E-state index in [9.17, 15) is 18.0 Å². The fourth-order valence-electron chi connectivity index (χ4n) is 3.36. The van der Waals surface area contributed by atoms with Crippen LogP contribution in [0.1, 0.15) is 41.7 Å². The maximum absolute atomic E-state index is 13.7. The third-order valence-corrected chi connectivity index (χ3v) is 4.73. The minimum atomic E-state index is -4.53. The van der Waals surface area contributed by atoms with E-state index in [0.29, 0.717) is 23.8 Å². The third-order valence-electron chi connectivity index (χ3n) is 4.73. The molecule has 4 rings (SSSR count). The number of benzene rings is 1. The number of amides is 1. The summed E-state index contributed by atoms with van der Waals surface area (Å²) in [4.78, 5) is 12.6. The first-order chi connectivity index (χ1) is 14.3. The Morgan fingerprint density at radius 3 is 2.73 bits per heavy atom. The van der Waals surface area contributed by atoms with E-state index < -0.39 is 24.2 Å². The van der Waals surface area contributed by atoms with E-state index >= 15 is 0 Å². The lowest BCUT2D eigenvalue weighted by atomic mass is 10.0. The smallest absolute Gasteiger partial charge is 0.410 e. The third kappa shape index (κ3) is 3.98. The molecule has 0 saturated heterocycles. The molecule has 158 valence electrons. The van der Waals surface area contributed by atoms with Gasteiger partial charge >= 0.3 is 6.18 Å². The lowest BCUT2D eigenvalue weighted by Crippen LogP contribution is -2.35. The number of halogens is 3. The molecule has 2 aromatic heterocycles. The van der Waals surface area contributed by atoms with Crippen LogP contribution >= 0.6 is 0 Å². The van der Waals surface area contributed by atoms with Crippen LogP contribution in [0.2, 0.25) is 0 Å². The van der Waals surface area contributed by atoms with E-state index in [2.05, 4.69) is 15.7 Å². The van der Waals surface area contributed by atoms with E-state index in [-0.39, 0.29) is 17.9 Å². The number of nitrogens with one attached hydrogen (secondary N) is 2. The minimum absolute atomic E-state index is 0.0989. The number of rotatable bonds is 5. The van der Waals surface area contributed by atoms with Crippen LogP contribution < -0.4 is 15.4 Å². The monoisotopic (exact) mass is 420 g/mol.